The zero-order valence-electron chi connectivity index (χ0n) is 14.8. The van der Waals surface area contributed by atoms with Crippen LogP contribution in [0.2, 0.25) is 0 Å². The van der Waals surface area contributed by atoms with Crippen molar-refractivity contribution < 1.29 is 49.2 Å². The largest absolute Gasteiger partial charge is 0.741 e. The van der Waals surface area contributed by atoms with E-state index >= 15 is 0 Å². The van der Waals surface area contributed by atoms with Gasteiger partial charge in [0.05, 0.1) is 6.33 Å². The molecule has 30 heavy (non-hydrogen) atoms. The quantitative estimate of drug-likeness (QED) is 0.358. The second-order valence-electron chi connectivity index (χ2n) is 4.55. The van der Waals surface area contributed by atoms with Crippen molar-refractivity contribution in [3.63, 3.8) is 0 Å². The number of imidazole rings is 1. The molecule has 0 saturated carbocycles. The topological polar surface area (TPSA) is 128 Å². The fourth-order valence-electron chi connectivity index (χ4n) is 0.922. The van der Waals surface area contributed by atoms with Crippen molar-refractivity contribution in [2.24, 2.45) is 0 Å². The molecule has 0 spiro atoms. The Labute approximate surface area is 169 Å². The summed E-state index contributed by atoms with van der Waals surface area (Å²) in [5.74, 6) is -3.01. The van der Waals surface area contributed by atoms with Gasteiger partial charge < -0.3 is 19.0 Å². The van der Waals surface area contributed by atoms with E-state index in [0.717, 1.165) is 12.2 Å². The Hall–Kier alpha value is -2.68. The Bertz CT molecular complexity index is 794. The van der Waals surface area contributed by atoms with E-state index in [2.05, 4.69) is 16.9 Å². The van der Waals surface area contributed by atoms with Crippen molar-refractivity contribution in [3.8, 4) is 0 Å². The molecule has 0 aliphatic carbocycles. The van der Waals surface area contributed by atoms with E-state index in [-0.39, 0.29) is 7.43 Å². The van der Waals surface area contributed by atoms with E-state index in [9.17, 15) is 26.3 Å². The zero-order valence-corrected chi connectivity index (χ0v) is 15.6. The molecule has 2 heterocycles. The van der Waals surface area contributed by atoms with Gasteiger partial charge in [-0.2, -0.15) is 26.3 Å². The summed E-state index contributed by atoms with van der Waals surface area (Å²) in [6.45, 7) is 5.07. The molecule has 174 valence electrons. The minimum absolute atomic E-state index is 0. The minimum atomic E-state index is -6.09. The van der Waals surface area contributed by atoms with E-state index in [1.54, 1.807) is 18.7 Å². The normalized spacial score (nSPS) is 10.6. The van der Waals surface area contributed by atoms with Crippen LogP contribution >= 0.6 is 0 Å². The summed E-state index contributed by atoms with van der Waals surface area (Å²) < 4.78 is 92.5. The zero-order chi connectivity index (χ0) is 23.3. The number of carboxylic acid groups (broad SMARTS) is 1. The van der Waals surface area contributed by atoms with Crippen LogP contribution in [0.5, 0.6) is 0 Å². The molecule has 0 N–H and O–H groups in total. The lowest BCUT2D eigenvalue weighted by Gasteiger charge is -2.08. The van der Waals surface area contributed by atoms with E-state index in [1.807, 2.05) is 35.9 Å². The number of rotatable bonds is 1. The summed E-state index contributed by atoms with van der Waals surface area (Å²) in [6.07, 6.45) is 2.12. The third-order valence-electron chi connectivity index (χ3n) is 2.25. The summed E-state index contributed by atoms with van der Waals surface area (Å²) in [4.78, 5) is 16.6. The molecular formula is C15H19F6N3O5S-2. The van der Waals surface area contributed by atoms with Crippen LogP contribution in [-0.2, 0) is 21.5 Å². The molecular weight excluding hydrogens is 448 g/mol. The fourth-order valence-corrected chi connectivity index (χ4v) is 0.922. The van der Waals surface area contributed by atoms with Gasteiger partial charge in [-0.15, -0.1) is 0 Å². The van der Waals surface area contributed by atoms with Crippen molar-refractivity contribution in [2.75, 3.05) is 0 Å². The Balaban J connectivity index is -0.000000321. The SMILES string of the molecule is C.CCn1ccnc1.Cc1ccccn1.O=C([O-])C(F)(F)F.O=S(=O)([O-])C(F)(F)F. The van der Waals surface area contributed by atoms with Gasteiger partial charge in [-0.25, -0.2) is 13.4 Å². The Morgan fingerprint density at radius 1 is 1.13 bits per heavy atom. The summed E-state index contributed by atoms with van der Waals surface area (Å²) in [7, 11) is -6.09. The number of hydrogen-bond acceptors (Lipinski definition) is 7. The first-order valence-electron chi connectivity index (χ1n) is 7.16. The van der Waals surface area contributed by atoms with Gasteiger partial charge >= 0.3 is 11.7 Å². The molecule has 0 unspecified atom stereocenters. The number of nitrogens with zero attached hydrogens (tertiary/aromatic N) is 3. The van der Waals surface area contributed by atoms with Gasteiger partial charge in [0.1, 0.15) is 5.97 Å². The fraction of sp³-hybridized carbons (Fsp3) is 0.400. The van der Waals surface area contributed by atoms with Crippen molar-refractivity contribution in [3.05, 3.63) is 48.8 Å². The number of aliphatic carboxylic acids is 1. The number of alkyl halides is 6. The van der Waals surface area contributed by atoms with E-state index in [1.165, 1.54) is 0 Å². The monoisotopic (exact) mass is 467 g/mol. The van der Waals surface area contributed by atoms with Gasteiger partial charge in [-0.3, -0.25) is 4.98 Å². The van der Waals surface area contributed by atoms with Crippen LogP contribution in [0, 0.1) is 6.92 Å². The summed E-state index contributed by atoms with van der Waals surface area (Å²) in [5, 5.41) is 8.78. The number of halogens is 6. The average molecular weight is 467 g/mol. The van der Waals surface area contributed by atoms with E-state index < -0.39 is 27.8 Å². The van der Waals surface area contributed by atoms with Crippen molar-refractivity contribution >= 4 is 16.1 Å². The Kier molecular flexibility index (Phi) is 15.3. The predicted octanol–water partition coefficient (Wildman–Crippen LogP) is 2.28. The van der Waals surface area contributed by atoms with Crippen molar-refractivity contribution in [1.82, 2.24) is 14.5 Å². The number of carbonyl (C=O) groups excluding carboxylic acids is 1. The molecule has 8 nitrogen and oxygen atoms in total. The first-order chi connectivity index (χ1) is 13.0. The van der Waals surface area contributed by atoms with Crippen molar-refractivity contribution in [2.45, 2.75) is 39.5 Å². The second-order valence-corrected chi connectivity index (χ2v) is 5.92. The van der Waals surface area contributed by atoms with Gasteiger partial charge in [0.15, 0.2) is 10.1 Å². The molecule has 0 aromatic carbocycles. The lowest BCUT2D eigenvalue weighted by Crippen LogP contribution is -2.37. The molecule has 0 aliphatic rings. The van der Waals surface area contributed by atoms with Gasteiger partial charge in [0, 0.05) is 30.8 Å². The molecule has 0 fully saturated rings. The molecule has 2 aromatic rings. The highest BCUT2D eigenvalue weighted by Crippen LogP contribution is 2.20. The highest BCUT2D eigenvalue weighted by atomic mass is 32.2. The molecule has 0 aliphatic heterocycles. The first-order valence-corrected chi connectivity index (χ1v) is 8.56. The van der Waals surface area contributed by atoms with Crippen LogP contribution in [0.1, 0.15) is 20.0 Å². The Morgan fingerprint density at radius 3 is 1.73 bits per heavy atom. The number of pyridine rings is 1. The second kappa shape index (κ2) is 14.3. The standard InChI is InChI=1S/C6H7N.C5H8N2.C2HF3O2.CHF3O3S.CH4/c1-6-4-2-3-5-7-6;1-2-7-4-3-6-5-7;3-2(4,5)1(6)7;2-1(3,4)8(5,6)7;/h2-5H,1H3;3-5H,2H2,1H3;(H,6,7);(H,5,6,7);1H4/p-2. The molecule has 2 aromatic heterocycles. The number of carboxylic acids is 1. The smallest absolute Gasteiger partial charge is 0.485 e. The lowest BCUT2D eigenvalue weighted by molar-refractivity contribution is -0.344. The summed E-state index contributed by atoms with van der Waals surface area (Å²) in [5.41, 5.74) is -4.57. The van der Waals surface area contributed by atoms with Gasteiger partial charge in [0.2, 0.25) is 0 Å². The molecule has 15 heteroatoms. The minimum Gasteiger partial charge on any atom is -0.741 e. The van der Waals surface area contributed by atoms with Gasteiger partial charge in [-0.1, -0.05) is 13.5 Å². The molecule has 0 bridgehead atoms. The number of aromatic nitrogens is 3. The summed E-state index contributed by atoms with van der Waals surface area (Å²) >= 11 is 0. The van der Waals surface area contributed by atoms with Gasteiger partial charge in [0.25, 0.3) is 0 Å². The number of hydrogen-bond donors (Lipinski definition) is 0. The molecule has 2 rings (SSSR count). The van der Waals surface area contributed by atoms with Crippen molar-refractivity contribution in [1.29, 1.82) is 0 Å². The maximum atomic E-state index is 10.7. The summed E-state index contributed by atoms with van der Waals surface area (Å²) in [6, 6.07) is 5.86. The van der Waals surface area contributed by atoms with E-state index in [4.69, 9.17) is 22.9 Å². The van der Waals surface area contributed by atoms with E-state index in [0.29, 0.717) is 0 Å². The van der Waals surface area contributed by atoms with Crippen LogP contribution in [0.25, 0.3) is 0 Å². The lowest BCUT2D eigenvalue weighted by atomic mass is 10.4. The highest BCUT2D eigenvalue weighted by Gasteiger charge is 2.36. The average Bonchev–Trinajstić information content (AvgIpc) is 3.08. The van der Waals surface area contributed by atoms with Crippen LogP contribution in [0.3, 0.4) is 0 Å². The van der Waals surface area contributed by atoms with Crippen LogP contribution in [-0.4, -0.2) is 45.2 Å². The van der Waals surface area contributed by atoms with Gasteiger partial charge in [-0.05, 0) is 26.0 Å². The third-order valence-corrected chi connectivity index (χ3v) is 2.82. The molecule has 0 atom stereocenters. The van der Waals surface area contributed by atoms with Crippen LogP contribution < -0.4 is 5.11 Å². The molecule has 0 radical (unpaired) electrons. The maximum absolute atomic E-state index is 10.7. The molecule has 0 amide bonds. The first kappa shape index (κ1) is 32.0. The number of aryl methyl sites for hydroxylation is 2. The third kappa shape index (κ3) is 17.4. The predicted molar refractivity (Wildman–Crippen MR) is 90.4 cm³/mol. The van der Waals surface area contributed by atoms with Crippen LogP contribution in [0.4, 0.5) is 26.3 Å². The molecule has 0 saturated heterocycles. The van der Waals surface area contributed by atoms with Crippen LogP contribution in [0.15, 0.2) is 43.1 Å². The Morgan fingerprint density at radius 2 is 1.60 bits per heavy atom. The maximum Gasteiger partial charge on any atom is 0.485 e. The number of carbonyl (C=O) groups is 1. The highest BCUT2D eigenvalue weighted by molar-refractivity contribution is 7.86.